The zero-order valence-corrected chi connectivity index (χ0v) is 17.4. The highest BCUT2D eigenvalue weighted by Crippen LogP contribution is 2.33. The van der Waals surface area contributed by atoms with Crippen LogP contribution in [0.2, 0.25) is 0 Å². The lowest BCUT2D eigenvalue weighted by Gasteiger charge is -2.18. The lowest BCUT2D eigenvalue weighted by molar-refractivity contribution is -0.139. The number of amides is 1. The molecular formula is C19H23F3N4O3S. The van der Waals surface area contributed by atoms with Crippen LogP contribution in [0.3, 0.4) is 0 Å². The van der Waals surface area contributed by atoms with Gasteiger partial charge in [0.1, 0.15) is 5.82 Å². The van der Waals surface area contributed by atoms with Gasteiger partial charge in [0.2, 0.25) is 15.9 Å². The number of hydrogen-bond donors (Lipinski definition) is 2. The summed E-state index contributed by atoms with van der Waals surface area (Å²) in [4.78, 5) is 15.9. The van der Waals surface area contributed by atoms with Crippen molar-refractivity contribution in [2.24, 2.45) is 0 Å². The number of carbonyl (C=O) groups is 1. The monoisotopic (exact) mass is 444 g/mol. The molecule has 11 heteroatoms. The van der Waals surface area contributed by atoms with Gasteiger partial charge in [-0.1, -0.05) is 12.1 Å². The van der Waals surface area contributed by atoms with Gasteiger partial charge in [-0.25, -0.2) is 13.4 Å². The first-order valence-electron chi connectivity index (χ1n) is 9.52. The highest BCUT2D eigenvalue weighted by molar-refractivity contribution is 7.89. The van der Waals surface area contributed by atoms with Crippen LogP contribution in [0.5, 0.6) is 0 Å². The standard InChI is InChI=1S/C19H23F3N4O3S/c1-12(25-30(28,29)17-9-4-3-7-14(17)19(20,21)22)18(27)23-11-15-16-8-5-6-10-26(16)13(2)24-15/h3-4,7,9,12,25H,5-6,8,10-11H2,1-2H3,(H,23,27)/t12-/m0/s1. The lowest BCUT2D eigenvalue weighted by atomic mass is 10.1. The number of rotatable bonds is 6. The number of carbonyl (C=O) groups excluding carboxylic acids is 1. The Morgan fingerprint density at radius 1 is 1.27 bits per heavy atom. The summed E-state index contributed by atoms with van der Waals surface area (Å²) in [5.41, 5.74) is 0.481. The Balaban J connectivity index is 1.69. The topological polar surface area (TPSA) is 93.1 Å². The second-order valence-corrected chi connectivity index (χ2v) is 8.90. The van der Waals surface area contributed by atoms with Gasteiger partial charge in [0, 0.05) is 12.2 Å². The van der Waals surface area contributed by atoms with E-state index in [1.807, 2.05) is 11.6 Å². The number of nitrogens with one attached hydrogen (secondary N) is 2. The van der Waals surface area contributed by atoms with Crippen LogP contribution >= 0.6 is 0 Å². The van der Waals surface area contributed by atoms with Crippen molar-refractivity contribution in [3.8, 4) is 0 Å². The summed E-state index contributed by atoms with van der Waals surface area (Å²) in [6.45, 7) is 4.15. The summed E-state index contributed by atoms with van der Waals surface area (Å²) in [6, 6.07) is 2.57. The average molecular weight is 444 g/mol. The number of benzene rings is 1. The van der Waals surface area contributed by atoms with E-state index in [-0.39, 0.29) is 6.54 Å². The largest absolute Gasteiger partial charge is 0.417 e. The van der Waals surface area contributed by atoms with Gasteiger partial charge in [0.25, 0.3) is 0 Å². The van der Waals surface area contributed by atoms with Crippen LogP contribution in [0, 0.1) is 6.92 Å². The molecule has 1 amide bonds. The van der Waals surface area contributed by atoms with E-state index >= 15 is 0 Å². The molecule has 2 heterocycles. The molecule has 0 saturated heterocycles. The minimum absolute atomic E-state index is 0.118. The summed E-state index contributed by atoms with van der Waals surface area (Å²) in [6.07, 6.45) is -1.90. The molecule has 1 aliphatic heterocycles. The number of nitrogens with zero attached hydrogens (tertiary/aromatic N) is 2. The molecule has 1 atom stereocenters. The summed E-state index contributed by atoms with van der Waals surface area (Å²) in [5, 5.41) is 2.62. The van der Waals surface area contributed by atoms with Crippen molar-refractivity contribution in [2.75, 3.05) is 0 Å². The molecule has 0 saturated carbocycles. The molecule has 0 unspecified atom stereocenters. The van der Waals surface area contributed by atoms with Crippen LogP contribution in [0.4, 0.5) is 13.2 Å². The maximum atomic E-state index is 13.1. The predicted molar refractivity (Wildman–Crippen MR) is 103 cm³/mol. The third kappa shape index (κ3) is 4.67. The van der Waals surface area contributed by atoms with E-state index in [1.165, 1.54) is 13.0 Å². The quantitative estimate of drug-likeness (QED) is 0.716. The fraction of sp³-hybridized carbons (Fsp3) is 0.474. The molecule has 3 rings (SSSR count). The van der Waals surface area contributed by atoms with Gasteiger partial charge in [0.15, 0.2) is 0 Å². The smallest absolute Gasteiger partial charge is 0.349 e. The summed E-state index contributed by atoms with van der Waals surface area (Å²) < 4.78 is 68.5. The van der Waals surface area contributed by atoms with E-state index in [2.05, 4.69) is 14.9 Å². The first kappa shape index (κ1) is 22.3. The first-order chi connectivity index (χ1) is 14.0. The van der Waals surface area contributed by atoms with E-state index in [4.69, 9.17) is 0 Å². The van der Waals surface area contributed by atoms with Gasteiger partial charge >= 0.3 is 6.18 Å². The summed E-state index contributed by atoms with van der Waals surface area (Å²) >= 11 is 0. The van der Waals surface area contributed by atoms with Crippen LogP contribution in [0.1, 0.15) is 42.5 Å². The molecular weight excluding hydrogens is 421 g/mol. The van der Waals surface area contributed by atoms with Crippen LogP contribution in [0.25, 0.3) is 0 Å². The molecule has 2 N–H and O–H groups in total. The van der Waals surface area contributed by atoms with E-state index in [1.54, 1.807) is 0 Å². The fourth-order valence-electron chi connectivity index (χ4n) is 3.56. The number of aromatic nitrogens is 2. The Bertz CT molecular complexity index is 1050. The van der Waals surface area contributed by atoms with Crippen molar-refractivity contribution in [3.63, 3.8) is 0 Å². The minimum Gasteiger partial charge on any atom is -0.349 e. The molecule has 0 radical (unpaired) electrons. The maximum Gasteiger partial charge on any atom is 0.417 e. The van der Waals surface area contributed by atoms with Gasteiger partial charge in [-0.15, -0.1) is 0 Å². The number of imidazole rings is 1. The molecule has 2 aromatic rings. The van der Waals surface area contributed by atoms with Crippen molar-refractivity contribution in [3.05, 3.63) is 47.0 Å². The van der Waals surface area contributed by atoms with Crippen molar-refractivity contribution in [2.45, 2.75) is 63.3 Å². The highest BCUT2D eigenvalue weighted by Gasteiger charge is 2.37. The number of sulfonamides is 1. The van der Waals surface area contributed by atoms with Gasteiger partial charge in [-0.2, -0.15) is 17.9 Å². The Kier molecular flexibility index (Phi) is 6.23. The van der Waals surface area contributed by atoms with Crippen molar-refractivity contribution in [1.82, 2.24) is 19.6 Å². The molecule has 1 aromatic heterocycles. The molecule has 164 valence electrons. The third-order valence-electron chi connectivity index (χ3n) is 5.03. The van der Waals surface area contributed by atoms with Gasteiger partial charge in [-0.3, -0.25) is 4.79 Å². The first-order valence-corrected chi connectivity index (χ1v) is 11.0. The SMILES string of the molecule is Cc1nc(CNC(=O)[C@H](C)NS(=O)(=O)c2ccccc2C(F)(F)F)c2n1CCCC2. The summed E-state index contributed by atoms with van der Waals surface area (Å²) in [5.74, 6) is 0.199. The zero-order valence-electron chi connectivity index (χ0n) is 16.6. The highest BCUT2D eigenvalue weighted by atomic mass is 32.2. The Morgan fingerprint density at radius 3 is 2.67 bits per heavy atom. The van der Waals surface area contributed by atoms with E-state index < -0.39 is 38.6 Å². The number of fused-ring (bicyclic) bond motifs is 1. The maximum absolute atomic E-state index is 13.1. The number of alkyl halides is 3. The van der Waals surface area contributed by atoms with Crippen LogP contribution in [-0.2, 0) is 40.5 Å². The Labute approximate surface area is 172 Å². The second kappa shape index (κ2) is 8.38. The summed E-state index contributed by atoms with van der Waals surface area (Å²) in [7, 11) is -4.56. The van der Waals surface area contributed by atoms with E-state index in [0.717, 1.165) is 55.2 Å². The van der Waals surface area contributed by atoms with Crippen LogP contribution in [-0.4, -0.2) is 29.9 Å². The number of halogens is 3. The third-order valence-corrected chi connectivity index (χ3v) is 6.63. The molecule has 30 heavy (non-hydrogen) atoms. The van der Waals surface area contributed by atoms with E-state index in [9.17, 15) is 26.4 Å². The molecule has 0 bridgehead atoms. The van der Waals surface area contributed by atoms with E-state index in [0.29, 0.717) is 6.07 Å². The molecule has 0 spiro atoms. The minimum atomic E-state index is -4.84. The van der Waals surface area contributed by atoms with Crippen molar-refractivity contribution in [1.29, 1.82) is 0 Å². The Morgan fingerprint density at radius 2 is 1.97 bits per heavy atom. The second-order valence-electron chi connectivity index (χ2n) is 7.22. The average Bonchev–Trinajstić information content (AvgIpc) is 3.01. The predicted octanol–water partition coefficient (Wildman–Crippen LogP) is 2.53. The van der Waals surface area contributed by atoms with Crippen molar-refractivity contribution < 1.29 is 26.4 Å². The fourth-order valence-corrected chi connectivity index (χ4v) is 4.99. The van der Waals surface area contributed by atoms with Gasteiger partial charge < -0.3 is 9.88 Å². The van der Waals surface area contributed by atoms with Gasteiger partial charge in [-0.05, 0) is 45.2 Å². The van der Waals surface area contributed by atoms with Crippen molar-refractivity contribution >= 4 is 15.9 Å². The Hall–Kier alpha value is -2.40. The normalized spacial score (nSPS) is 15.5. The zero-order chi connectivity index (χ0) is 22.1. The molecule has 0 fully saturated rings. The molecule has 1 aliphatic rings. The molecule has 7 nitrogen and oxygen atoms in total. The van der Waals surface area contributed by atoms with Crippen LogP contribution in [0.15, 0.2) is 29.2 Å². The number of aryl methyl sites for hydroxylation is 1. The molecule has 1 aromatic carbocycles. The lowest BCUT2D eigenvalue weighted by Crippen LogP contribution is -2.44. The number of hydrogen-bond acceptors (Lipinski definition) is 4. The van der Waals surface area contributed by atoms with Crippen LogP contribution < -0.4 is 10.0 Å². The van der Waals surface area contributed by atoms with Gasteiger partial charge in [0.05, 0.1) is 28.7 Å². The molecule has 0 aliphatic carbocycles.